The van der Waals surface area contributed by atoms with Crippen molar-refractivity contribution in [3.05, 3.63) is 64.2 Å². The van der Waals surface area contributed by atoms with E-state index in [1.165, 1.54) is 6.07 Å². The molecule has 2 aliphatic rings. The van der Waals surface area contributed by atoms with Crippen molar-refractivity contribution in [3.8, 4) is 5.75 Å². The summed E-state index contributed by atoms with van der Waals surface area (Å²) in [4.78, 5) is 19.4. The highest BCUT2D eigenvalue weighted by atomic mass is 19.4. The summed E-state index contributed by atoms with van der Waals surface area (Å²) in [5, 5.41) is 0.812. The van der Waals surface area contributed by atoms with Gasteiger partial charge < -0.3 is 20.1 Å². The molecule has 3 heterocycles. The minimum absolute atomic E-state index is 0.102. The SMILES string of the molecule is CCN(C(=O)c1ccc2nc(N)c3c(c2c1)COC3)[C@@H]1COc2cc(C(F)(F)F)ccc21. The predicted octanol–water partition coefficient (Wildman–Crippen LogP) is 4.46. The maximum atomic E-state index is 13.4. The number of hydrogen-bond donors (Lipinski definition) is 1. The number of rotatable bonds is 3. The van der Waals surface area contributed by atoms with Crippen molar-refractivity contribution >= 4 is 22.6 Å². The van der Waals surface area contributed by atoms with Crippen LogP contribution >= 0.6 is 0 Å². The van der Waals surface area contributed by atoms with Gasteiger partial charge in [0.15, 0.2) is 0 Å². The molecule has 0 radical (unpaired) electrons. The van der Waals surface area contributed by atoms with Gasteiger partial charge in [0.1, 0.15) is 18.2 Å². The van der Waals surface area contributed by atoms with Crippen molar-refractivity contribution in [2.45, 2.75) is 32.4 Å². The standard InChI is InChI=1S/C23H20F3N3O3/c1-2-29(19-11-32-20-8-13(23(24,25)26)4-5-14(19)20)22(30)12-3-6-18-15(7-12)16-9-31-10-17(16)21(27)28-18/h3-8,19H,2,9-11H2,1H3,(H2,27,28)/t19-/m1/s1. The number of nitrogens with zero attached hydrogens (tertiary/aromatic N) is 2. The van der Waals surface area contributed by atoms with Crippen LogP contribution in [0.3, 0.4) is 0 Å². The summed E-state index contributed by atoms with van der Waals surface area (Å²) in [6, 6.07) is 8.15. The summed E-state index contributed by atoms with van der Waals surface area (Å²) in [6.45, 7) is 3.09. The van der Waals surface area contributed by atoms with Gasteiger partial charge in [-0.1, -0.05) is 6.07 Å². The number of carbonyl (C=O) groups excluding carboxylic acids is 1. The van der Waals surface area contributed by atoms with Crippen LogP contribution < -0.4 is 10.5 Å². The first-order chi connectivity index (χ1) is 15.3. The fourth-order valence-corrected chi connectivity index (χ4v) is 4.40. The molecule has 0 aliphatic carbocycles. The minimum Gasteiger partial charge on any atom is -0.491 e. The van der Waals surface area contributed by atoms with Gasteiger partial charge in [-0.05, 0) is 42.8 Å². The molecule has 9 heteroatoms. The number of alkyl halides is 3. The first kappa shape index (κ1) is 20.6. The fraction of sp³-hybridized carbons (Fsp3) is 0.304. The van der Waals surface area contributed by atoms with Crippen molar-refractivity contribution in [1.29, 1.82) is 0 Å². The molecule has 1 amide bonds. The Kier molecular flexibility index (Phi) is 4.74. The monoisotopic (exact) mass is 443 g/mol. The van der Waals surface area contributed by atoms with Crippen LogP contribution in [-0.4, -0.2) is 28.9 Å². The van der Waals surface area contributed by atoms with E-state index in [0.717, 1.165) is 28.6 Å². The zero-order chi connectivity index (χ0) is 22.6. The highest BCUT2D eigenvalue weighted by molar-refractivity contribution is 5.99. The molecule has 5 rings (SSSR count). The molecule has 0 saturated carbocycles. The number of nitrogen functional groups attached to an aromatic ring is 1. The summed E-state index contributed by atoms with van der Waals surface area (Å²) < 4.78 is 50.1. The molecular formula is C23H20F3N3O3. The number of halogens is 3. The van der Waals surface area contributed by atoms with E-state index in [4.69, 9.17) is 15.2 Å². The second-order valence-corrected chi connectivity index (χ2v) is 7.85. The summed E-state index contributed by atoms with van der Waals surface area (Å²) >= 11 is 0. The van der Waals surface area contributed by atoms with E-state index in [0.29, 0.717) is 42.2 Å². The lowest BCUT2D eigenvalue weighted by atomic mass is 10.0. The number of benzene rings is 2. The molecule has 3 aromatic rings. The van der Waals surface area contributed by atoms with E-state index < -0.39 is 17.8 Å². The van der Waals surface area contributed by atoms with Crippen molar-refractivity contribution in [3.63, 3.8) is 0 Å². The number of hydrogen-bond acceptors (Lipinski definition) is 5. The van der Waals surface area contributed by atoms with Crippen LogP contribution in [0.15, 0.2) is 36.4 Å². The Hall–Kier alpha value is -3.33. The highest BCUT2D eigenvalue weighted by Gasteiger charge is 2.36. The number of amides is 1. The lowest BCUT2D eigenvalue weighted by Gasteiger charge is -2.27. The lowest BCUT2D eigenvalue weighted by Crippen LogP contribution is -2.35. The minimum atomic E-state index is -4.46. The third kappa shape index (κ3) is 3.24. The number of ether oxygens (including phenoxy) is 2. The topological polar surface area (TPSA) is 77.7 Å². The van der Waals surface area contributed by atoms with Gasteiger partial charge in [-0.25, -0.2) is 4.98 Å². The van der Waals surface area contributed by atoms with Crippen LogP contribution in [0.4, 0.5) is 19.0 Å². The van der Waals surface area contributed by atoms with Crippen LogP contribution in [-0.2, 0) is 24.1 Å². The Morgan fingerprint density at radius 3 is 2.72 bits per heavy atom. The molecule has 1 atom stereocenters. The third-order valence-electron chi connectivity index (χ3n) is 6.05. The van der Waals surface area contributed by atoms with E-state index in [9.17, 15) is 18.0 Å². The molecule has 0 spiro atoms. The van der Waals surface area contributed by atoms with E-state index >= 15 is 0 Å². The highest BCUT2D eigenvalue weighted by Crippen LogP contribution is 2.41. The van der Waals surface area contributed by atoms with Gasteiger partial charge in [-0.3, -0.25) is 4.79 Å². The first-order valence-corrected chi connectivity index (χ1v) is 10.2. The van der Waals surface area contributed by atoms with Gasteiger partial charge in [0.25, 0.3) is 5.91 Å². The molecule has 0 unspecified atom stereocenters. The van der Waals surface area contributed by atoms with Gasteiger partial charge in [0.2, 0.25) is 0 Å². The maximum absolute atomic E-state index is 13.4. The third-order valence-corrected chi connectivity index (χ3v) is 6.05. The molecule has 32 heavy (non-hydrogen) atoms. The van der Waals surface area contributed by atoms with Gasteiger partial charge in [-0.15, -0.1) is 0 Å². The van der Waals surface area contributed by atoms with Gasteiger partial charge in [0.05, 0.1) is 30.3 Å². The lowest BCUT2D eigenvalue weighted by molar-refractivity contribution is -0.137. The van der Waals surface area contributed by atoms with Crippen LogP contribution in [0.5, 0.6) is 5.75 Å². The van der Waals surface area contributed by atoms with Crippen molar-refractivity contribution in [2.75, 3.05) is 18.9 Å². The van der Waals surface area contributed by atoms with E-state index in [1.54, 1.807) is 23.1 Å². The smallest absolute Gasteiger partial charge is 0.416 e. The van der Waals surface area contributed by atoms with Gasteiger partial charge >= 0.3 is 6.18 Å². The van der Waals surface area contributed by atoms with Gasteiger partial charge in [0, 0.05) is 28.6 Å². The molecular weight excluding hydrogens is 423 g/mol. The number of nitrogens with two attached hydrogens (primary N) is 1. The predicted molar refractivity (Wildman–Crippen MR) is 111 cm³/mol. The summed E-state index contributed by atoms with van der Waals surface area (Å²) in [5.74, 6) is 0.349. The summed E-state index contributed by atoms with van der Waals surface area (Å²) in [5.41, 5.74) is 8.72. The van der Waals surface area contributed by atoms with Crippen LogP contribution in [0.25, 0.3) is 10.9 Å². The largest absolute Gasteiger partial charge is 0.491 e. The number of likely N-dealkylation sites (N-methyl/N-ethyl adjacent to an activating group) is 1. The van der Waals surface area contributed by atoms with Gasteiger partial charge in [-0.2, -0.15) is 13.2 Å². The number of anilines is 1. The molecule has 0 bridgehead atoms. The molecule has 166 valence electrons. The van der Waals surface area contributed by atoms with Crippen LogP contribution in [0.1, 0.15) is 45.6 Å². The molecule has 0 fully saturated rings. The Bertz CT molecular complexity index is 1240. The molecule has 2 aliphatic heterocycles. The number of pyridine rings is 1. The Morgan fingerprint density at radius 1 is 1.19 bits per heavy atom. The molecule has 6 nitrogen and oxygen atoms in total. The first-order valence-electron chi connectivity index (χ1n) is 10.2. The molecule has 1 aromatic heterocycles. The Morgan fingerprint density at radius 2 is 1.97 bits per heavy atom. The molecule has 2 N–H and O–H groups in total. The zero-order valence-electron chi connectivity index (χ0n) is 17.2. The average Bonchev–Trinajstić information content (AvgIpc) is 3.41. The zero-order valence-corrected chi connectivity index (χ0v) is 17.2. The van der Waals surface area contributed by atoms with Crippen molar-refractivity contribution in [2.24, 2.45) is 0 Å². The number of carbonyl (C=O) groups is 1. The molecule has 2 aromatic carbocycles. The summed E-state index contributed by atoms with van der Waals surface area (Å²) in [7, 11) is 0. The summed E-state index contributed by atoms with van der Waals surface area (Å²) in [6.07, 6.45) is -4.46. The Balaban J connectivity index is 1.49. The van der Waals surface area contributed by atoms with Crippen molar-refractivity contribution in [1.82, 2.24) is 9.88 Å². The average molecular weight is 443 g/mol. The van der Waals surface area contributed by atoms with Crippen LogP contribution in [0, 0.1) is 0 Å². The Labute approximate surface area is 181 Å². The normalized spacial score (nSPS) is 17.2. The second kappa shape index (κ2) is 7.37. The molecule has 0 saturated heterocycles. The quantitative estimate of drug-likeness (QED) is 0.647. The number of fused-ring (bicyclic) bond motifs is 4. The fourth-order valence-electron chi connectivity index (χ4n) is 4.40. The second-order valence-electron chi connectivity index (χ2n) is 7.85. The van der Waals surface area contributed by atoms with Crippen molar-refractivity contribution < 1.29 is 27.4 Å². The van der Waals surface area contributed by atoms with Crippen LogP contribution in [0.2, 0.25) is 0 Å². The van der Waals surface area contributed by atoms with E-state index in [-0.39, 0.29) is 18.3 Å². The number of aromatic nitrogens is 1. The maximum Gasteiger partial charge on any atom is 0.416 e. The van der Waals surface area contributed by atoms with E-state index in [2.05, 4.69) is 4.98 Å². The van der Waals surface area contributed by atoms with E-state index in [1.807, 2.05) is 6.92 Å².